The van der Waals surface area contributed by atoms with Gasteiger partial charge in [-0.2, -0.15) is 0 Å². The fourth-order valence-corrected chi connectivity index (χ4v) is 2.09. The molecule has 0 N–H and O–H groups in total. The third-order valence-electron chi connectivity index (χ3n) is 3.05. The maximum Gasteiger partial charge on any atom is 0.308 e. The molecule has 1 fully saturated rings. The highest BCUT2D eigenvalue weighted by Gasteiger charge is 2.26. The number of rotatable bonds is 3. The Bertz CT molecular complexity index is 383. The SMILES string of the molecule is COC(=O)C1CCN(Cc2nnc(C)o2)CC1. The molecule has 0 spiro atoms. The number of carbonyl (C=O) groups is 1. The second kappa shape index (κ2) is 5.27. The molecule has 0 bridgehead atoms. The van der Waals surface area contributed by atoms with Crippen LogP contribution in [0.4, 0.5) is 0 Å². The molecular weight excluding hydrogens is 222 g/mol. The Labute approximate surface area is 99.9 Å². The minimum absolute atomic E-state index is 0.0423. The second-order valence-corrected chi connectivity index (χ2v) is 4.29. The molecule has 1 aliphatic heterocycles. The number of likely N-dealkylation sites (tertiary alicyclic amines) is 1. The first kappa shape index (κ1) is 12.0. The van der Waals surface area contributed by atoms with Gasteiger partial charge in [0.1, 0.15) is 0 Å². The maximum absolute atomic E-state index is 11.4. The Kier molecular flexibility index (Phi) is 3.73. The molecule has 2 heterocycles. The molecule has 1 aliphatic rings. The van der Waals surface area contributed by atoms with Crippen LogP contribution in [0.3, 0.4) is 0 Å². The van der Waals surface area contributed by atoms with Crippen LogP contribution in [0.2, 0.25) is 0 Å². The lowest BCUT2D eigenvalue weighted by molar-refractivity contribution is -0.147. The summed E-state index contributed by atoms with van der Waals surface area (Å²) in [7, 11) is 1.44. The number of aromatic nitrogens is 2. The van der Waals surface area contributed by atoms with Crippen LogP contribution in [-0.2, 0) is 16.1 Å². The van der Waals surface area contributed by atoms with Gasteiger partial charge in [0.05, 0.1) is 19.6 Å². The third-order valence-corrected chi connectivity index (χ3v) is 3.05. The van der Waals surface area contributed by atoms with Gasteiger partial charge in [0.2, 0.25) is 11.8 Å². The van der Waals surface area contributed by atoms with Gasteiger partial charge in [-0.3, -0.25) is 9.69 Å². The summed E-state index contributed by atoms with van der Waals surface area (Å²) >= 11 is 0. The van der Waals surface area contributed by atoms with Crippen molar-refractivity contribution in [3.05, 3.63) is 11.8 Å². The zero-order valence-electron chi connectivity index (χ0n) is 10.2. The zero-order chi connectivity index (χ0) is 12.3. The van der Waals surface area contributed by atoms with Gasteiger partial charge in [0, 0.05) is 6.92 Å². The predicted molar refractivity (Wildman–Crippen MR) is 59.1 cm³/mol. The van der Waals surface area contributed by atoms with E-state index >= 15 is 0 Å². The maximum atomic E-state index is 11.4. The summed E-state index contributed by atoms with van der Waals surface area (Å²) < 4.78 is 10.1. The summed E-state index contributed by atoms with van der Waals surface area (Å²) in [4.78, 5) is 13.6. The van der Waals surface area contributed by atoms with Crippen molar-refractivity contribution in [1.29, 1.82) is 0 Å². The monoisotopic (exact) mass is 239 g/mol. The van der Waals surface area contributed by atoms with Crippen molar-refractivity contribution >= 4 is 5.97 Å². The molecule has 2 rings (SSSR count). The number of nitrogens with zero attached hydrogens (tertiary/aromatic N) is 3. The summed E-state index contributed by atoms with van der Waals surface area (Å²) in [6.45, 7) is 4.16. The number of aryl methyl sites for hydroxylation is 1. The molecule has 1 aromatic rings. The number of esters is 1. The van der Waals surface area contributed by atoms with Crippen molar-refractivity contribution in [2.75, 3.05) is 20.2 Å². The van der Waals surface area contributed by atoms with Crippen molar-refractivity contribution in [2.45, 2.75) is 26.3 Å². The first-order valence-corrected chi connectivity index (χ1v) is 5.78. The summed E-state index contributed by atoms with van der Waals surface area (Å²) in [6.07, 6.45) is 1.67. The highest BCUT2D eigenvalue weighted by atomic mass is 16.5. The molecule has 0 saturated carbocycles. The lowest BCUT2D eigenvalue weighted by atomic mass is 9.97. The van der Waals surface area contributed by atoms with Crippen LogP contribution >= 0.6 is 0 Å². The van der Waals surface area contributed by atoms with Crippen LogP contribution in [0.5, 0.6) is 0 Å². The van der Waals surface area contributed by atoms with Crippen molar-refractivity contribution in [1.82, 2.24) is 15.1 Å². The molecule has 0 aliphatic carbocycles. The summed E-state index contributed by atoms with van der Waals surface area (Å²) in [5, 5.41) is 7.75. The lowest BCUT2D eigenvalue weighted by Gasteiger charge is -2.29. The molecule has 1 aromatic heterocycles. The zero-order valence-corrected chi connectivity index (χ0v) is 10.2. The van der Waals surface area contributed by atoms with Gasteiger partial charge >= 0.3 is 5.97 Å². The first-order valence-electron chi connectivity index (χ1n) is 5.78. The smallest absolute Gasteiger partial charge is 0.308 e. The van der Waals surface area contributed by atoms with E-state index in [1.165, 1.54) is 7.11 Å². The number of ether oxygens (including phenoxy) is 1. The summed E-state index contributed by atoms with van der Waals surface area (Å²) in [5.74, 6) is 1.17. The standard InChI is InChI=1S/C11H17N3O3/c1-8-12-13-10(17-8)7-14-5-3-9(4-6-14)11(15)16-2/h9H,3-7H2,1-2H3. The van der Waals surface area contributed by atoms with E-state index in [4.69, 9.17) is 9.15 Å². The molecule has 0 amide bonds. The van der Waals surface area contributed by atoms with E-state index in [9.17, 15) is 4.79 Å². The van der Waals surface area contributed by atoms with Crippen LogP contribution < -0.4 is 0 Å². The predicted octanol–water partition coefficient (Wildman–Crippen LogP) is 0.763. The van der Waals surface area contributed by atoms with Gasteiger partial charge in [-0.15, -0.1) is 10.2 Å². The first-order chi connectivity index (χ1) is 8.19. The van der Waals surface area contributed by atoms with Crippen molar-refractivity contribution < 1.29 is 13.9 Å². The van der Waals surface area contributed by atoms with Gasteiger partial charge in [0.25, 0.3) is 0 Å². The van der Waals surface area contributed by atoms with E-state index in [1.54, 1.807) is 6.92 Å². The van der Waals surface area contributed by atoms with E-state index < -0.39 is 0 Å². The number of piperidine rings is 1. The average Bonchev–Trinajstić information content (AvgIpc) is 2.75. The minimum atomic E-state index is -0.0988. The molecule has 6 nitrogen and oxygen atoms in total. The van der Waals surface area contributed by atoms with Crippen LogP contribution in [0, 0.1) is 12.8 Å². The van der Waals surface area contributed by atoms with E-state index in [0.29, 0.717) is 18.3 Å². The molecular formula is C11H17N3O3. The Balaban J connectivity index is 1.81. The average molecular weight is 239 g/mol. The normalized spacial score (nSPS) is 18.2. The number of hydrogen-bond donors (Lipinski definition) is 0. The molecule has 0 aromatic carbocycles. The van der Waals surface area contributed by atoms with Gasteiger partial charge in [-0.1, -0.05) is 0 Å². The molecule has 1 saturated heterocycles. The Hall–Kier alpha value is -1.43. The second-order valence-electron chi connectivity index (χ2n) is 4.29. The Morgan fingerprint density at radius 1 is 1.47 bits per heavy atom. The molecule has 0 unspecified atom stereocenters. The van der Waals surface area contributed by atoms with E-state index in [-0.39, 0.29) is 11.9 Å². The van der Waals surface area contributed by atoms with E-state index in [2.05, 4.69) is 15.1 Å². The quantitative estimate of drug-likeness (QED) is 0.725. The van der Waals surface area contributed by atoms with Crippen molar-refractivity contribution in [3.63, 3.8) is 0 Å². The molecule has 17 heavy (non-hydrogen) atoms. The topological polar surface area (TPSA) is 68.5 Å². The summed E-state index contributed by atoms with van der Waals surface area (Å²) in [6, 6.07) is 0. The third kappa shape index (κ3) is 3.03. The van der Waals surface area contributed by atoms with Crippen LogP contribution in [0.1, 0.15) is 24.6 Å². The highest BCUT2D eigenvalue weighted by molar-refractivity contribution is 5.72. The van der Waals surface area contributed by atoms with Gasteiger partial charge in [0.15, 0.2) is 0 Å². The van der Waals surface area contributed by atoms with Gasteiger partial charge < -0.3 is 9.15 Å². The Morgan fingerprint density at radius 3 is 2.71 bits per heavy atom. The van der Waals surface area contributed by atoms with Crippen LogP contribution in [0.15, 0.2) is 4.42 Å². The van der Waals surface area contributed by atoms with Crippen LogP contribution in [-0.4, -0.2) is 41.3 Å². The largest absolute Gasteiger partial charge is 0.469 e. The fraction of sp³-hybridized carbons (Fsp3) is 0.727. The molecule has 6 heteroatoms. The fourth-order valence-electron chi connectivity index (χ4n) is 2.09. The number of carbonyl (C=O) groups excluding carboxylic acids is 1. The van der Waals surface area contributed by atoms with Gasteiger partial charge in [-0.05, 0) is 25.9 Å². The van der Waals surface area contributed by atoms with Gasteiger partial charge in [-0.25, -0.2) is 0 Å². The van der Waals surface area contributed by atoms with Crippen molar-refractivity contribution in [3.8, 4) is 0 Å². The minimum Gasteiger partial charge on any atom is -0.469 e. The number of methoxy groups -OCH3 is 1. The van der Waals surface area contributed by atoms with Crippen LogP contribution in [0.25, 0.3) is 0 Å². The highest BCUT2D eigenvalue weighted by Crippen LogP contribution is 2.19. The molecule has 0 radical (unpaired) electrons. The Morgan fingerprint density at radius 2 is 2.18 bits per heavy atom. The van der Waals surface area contributed by atoms with Crippen molar-refractivity contribution in [2.24, 2.45) is 5.92 Å². The summed E-state index contributed by atoms with van der Waals surface area (Å²) in [5.41, 5.74) is 0. The lowest BCUT2D eigenvalue weighted by Crippen LogP contribution is -2.36. The molecule has 94 valence electrons. The number of hydrogen-bond acceptors (Lipinski definition) is 6. The van der Waals surface area contributed by atoms with E-state index in [0.717, 1.165) is 25.9 Å². The molecule has 0 atom stereocenters. The van der Waals surface area contributed by atoms with E-state index in [1.807, 2.05) is 0 Å².